The number of rotatable bonds is 16. The number of Topliss-reactive ketones (excluding diaryl/α,β-unsaturated/α-hetero) is 4. The molecule has 27 nitrogen and oxygen atoms in total. The third kappa shape index (κ3) is 47.7. The zero-order valence-corrected chi connectivity index (χ0v) is 77.0. The smallest absolute Gasteiger partial charge is 0.416 e. The monoisotopic (exact) mass is 1800 g/mol. The van der Waals surface area contributed by atoms with Gasteiger partial charge in [0.05, 0.1) is 90.9 Å². The number of ether oxygens (including phenoxy) is 3. The summed E-state index contributed by atoms with van der Waals surface area (Å²) in [5.41, 5.74) is 8.21. The topological polar surface area (TPSA) is 357 Å². The summed E-state index contributed by atoms with van der Waals surface area (Å²) in [6.07, 6.45) is 6.79. The van der Waals surface area contributed by atoms with E-state index in [0.29, 0.717) is 40.5 Å². The zero-order valence-electron chi connectivity index (χ0n) is 73.9. The highest BCUT2D eigenvalue weighted by Crippen LogP contribution is 2.40. The van der Waals surface area contributed by atoms with Crippen LogP contribution in [0.1, 0.15) is 148 Å². The second-order valence-corrected chi connectivity index (χ2v) is 33.6. The van der Waals surface area contributed by atoms with Gasteiger partial charge < -0.3 is 39.8 Å². The van der Waals surface area contributed by atoms with Crippen molar-refractivity contribution < 1.29 is 69.7 Å². The number of phenols is 1. The first kappa shape index (κ1) is 108. The average Bonchev–Trinajstić information content (AvgIpc) is 1.46. The van der Waals surface area contributed by atoms with Crippen LogP contribution in [0.4, 0.5) is 29.6 Å². The number of phenolic OH excluding ortho intramolecular Hbond substituents is 1. The quantitative estimate of drug-likeness (QED) is 0.0443. The van der Waals surface area contributed by atoms with Crippen LogP contribution in [0.2, 0.25) is 10.0 Å². The minimum Gasteiger partial charge on any atom is -0.507 e. The van der Waals surface area contributed by atoms with Crippen LogP contribution in [0, 0.1) is 20.8 Å². The van der Waals surface area contributed by atoms with Gasteiger partial charge in [0.25, 0.3) is 0 Å². The number of likely N-dealkylation sites (N-methyl/N-ethyl adjacent to an activating group) is 1. The number of sulfonamides is 1. The molecule has 0 radical (unpaired) electrons. The SMILES string of the molecule is CC(=O)CN=Cc1cc(C(C)(C)C)c(O)c(C(C)(C)C)c1.CC(=O)CN=Cc1ccc(C)cc1.CC(=O)CN=Cc1ccc(Cl)cc1Cl.CC(=O)N1CCOCC1.CC(=O)c1ccccc1.CN1CCOCC1.CNC(=O)Nc1cccc(C(F)(F)F)c1.COc1ccc(/C=C/c2ccnc(NS(C)(=O)=O)n2)cc1.Cc1nc2ccccc2s1.Cc1nn[nH]n1. The summed E-state index contributed by atoms with van der Waals surface area (Å²) in [6.45, 7) is 33.6. The van der Waals surface area contributed by atoms with Crippen molar-refractivity contribution in [3.8, 4) is 11.5 Å². The fourth-order valence-electron chi connectivity index (χ4n) is 9.91. The van der Waals surface area contributed by atoms with Gasteiger partial charge in [0, 0.05) is 98.0 Å². The summed E-state index contributed by atoms with van der Waals surface area (Å²) in [5.74, 6) is 2.29. The number of carbonyl (C=O) groups excluding carboxylic acids is 6. The number of ketones is 4. The third-order valence-electron chi connectivity index (χ3n) is 16.4. The molecule has 672 valence electrons. The molecule has 3 aromatic heterocycles. The van der Waals surface area contributed by atoms with Crippen LogP contribution in [0.3, 0.4) is 0 Å². The Balaban J connectivity index is 0.000000366. The Hall–Kier alpha value is -11.7. The number of fused-ring (bicyclic) bond motifs is 1. The number of methoxy groups -OCH3 is 1. The number of anilines is 2. The lowest BCUT2D eigenvalue weighted by molar-refractivity contribution is -0.137. The van der Waals surface area contributed by atoms with Gasteiger partial charge in [0.1, 0.15) is 11.5 Å². The van der Waals surface area contributed by atoms with Gasteiger partial charge in [0.15, 0.2) is 29.0 Å². The van der Waals surface area contributed by atoms with Crippen LogP contribution >= 0.6 is 34.5 Å². The number of aromatic hydroxyl groups is 1. The number of aromatic nitrogens is 7. The molecule has 2 aliphatic rings. The number of aliphatic imine (C=N–C) groups is 3. The van der Waals surface area contributed by atoms with Gasteiger partial charge >= 0.3 is 12.2 Å². The number of halogens is 5. The highest BCUT2D eigenvalue weighted by Gasteiger charge is 2.31. The first-order valence-corrected chi connectivity index (χ1v) is 42.7. The molecule has 3 amide bonds. The maximum Gasteiger partial charge on any atom is 0.416 e. The fourth-order valence-corrected chi connectivity index (χ4v) is 11.6. The Morgan fingerprint density at radius 3 is 1.64 bits per heavy atom. The molecular formula is C91H114Cl2F3N15O12S2. The van der Waals surface area contributed by atoms with E-state index in [1.54, 1.807) is 93.1 Å². The molecule has 125 heavy (non-hydrogen) atoms. The fraction of sp³-hybridized carbons (Fsp3) is 0.352. The number of tetrazole rings is 1. The minimum absolute atomic E-state index is 0.0198. The molecule has 0 spiro atoms. The van der Waals surface area contributed by atoms with E-state index < -0.39 is 27.8 Å². The number of morpholine rings is 2. The lowest BCUT2D eigenvalue weighted by atomic mass is 9.78. The van der Waals surface area contributed by atoms with Crippen LogP contribution in [0.5, 0.6) is 11.5 Å². The van der Waals surface area contributed by atoms with Gasteiger partial charge in [-0.1, -0.05) is 173 Å². The van der Waals surface area contributed by atoms with Crippen molar-refractivity contribution in [1.29, 1.82) is 0 Å². The lowest BCUT2D eigenvalue weighted by Crippen LogP contribution is -2.39. The number of alkyl halides is 3. The van der Waals surface area contributed by atoms with Crippen LogP contribution in [0.25, 0.3) is 22.4 Å². The van der Waals surface area contributed by atoms with Crippen molar-refractivity contribution in [3.05, 3.63) is 247 Å². The molecular weight excluding hydrogens is 1690 g/mol. The van der Waals surface area contributed by atoms with E-state index in [-0.39, 0.29) is 71.1 Å². The number of H-pyrrole nitrogens is 1. The molecule has 7 aromatic carbocycles. The van der Waals surface area contributed by atoms with Gasteiger partial charge in [-0.15, -0.1) is 21.5 Å². The van der Waals surface area contributed by atoms with Crippen molar-refractivity contribution in [3.63, 3.8) is 0 Å². The van der Waals surface area contributed by atoms with Gasteiger partial charge in [-0.25, -0.2) is 28.2 Å². The molecule has 5 N–H and O–H groups in total. The highest BCUT2D eigenvalue weighted by molar-refractivity contribution is 7.92. The van der Waals surface area contributed by atoms with Crippen molar-refractivity contribution >= 4 is 132 Å². The predicted molar refractivity (Wildman–Crippen MR) is 496 cm³/mol. The Morgan fingerprint density at radius 1 is 0.648 bits per heavy atom. The molecule has 0 saturated carbocycles. The van der Waals surface area contributed by atoms with Gasteiger partial charge in [-0.05, 0) is 162 Å². The number of hydrogen-bond donors (Lipinski definition) is 5. The average molecular weight is 1800 g/mol. The number of nitrogens with zero attached hydrogens (tertiary/aromatic N) is 11. The summed E-state index contributed by atoms with van der Waals surface area (Å²) in [5, 5.41) is 30.1. The summed E-state index contributed by atoms with van der Waals surface area (Å²) in [7, 11) is 1.72. The second-order valence-electron chi connectivity index (χ2n) is 29.7. The first-order valence-electron chi connectivity index (χ1n) is 39.2. The van der Waals surface area contributed by atoms with Crippen molar-refractivity contribution in [2.75, 3.05) is 110 Å². The number of hydrogen-bond acceptors (Lipinski definition) is 23. The number of aromatic amines is 1. The number of benzene rings is 7. The summed E-state index contributed by atoms with van der Waals surface area (Å²) >= 11 is 13.3. The van der Waals surface area contributed by atoms with Crippen molar-refractivity contribution in [2.24, 2.45) is 15.0 Å². The lowest BCUT2D eigenvalue weighted by Gasteiger charge is -2.27. The van der Waals surface area contributed by atoms with E-state index in [1.165, 1.54) is 56.4 Å². The number of para-hydroxylation sites is 1. The molecule has 5 heterocycles. The predicted octanol–water partition coefficient (Wildman–Crippen LogP) is 17.3. The van der Waals surface area contributed by atoms with E-state index in [0.717, 1.165) is 113 Å². The van der Waals surface area contributed by atoms with E-state index in [2.05, 4.69) is 125 Å². The molecule has 0 atom stereocenters. The molecule has 0 aliphatic carbocycles. The van der Waals surface area contributed by atoms with Crippen LogP contribution in [-0.4, -0.2) is 212 Å². The van der Waals surface area contributed by atoms with Crippen LogP contribution < -0.4 is 20.1 Å². The third-order valence-corrected chi connectivity index (χ3v) is 18.4. The molecule has 10 aromatic rings. The Bertz CT molecular complexity index is 5140. The maximum absolute atomic E-state index is 12.3. The van der Waals surface area contributed by atoms with E-state index in [1.807, 2.05) is 129 Å². The number of aryl methyl sites for hydroxylation is 3. The Labute approximate surface area is 745 Å². The number of thiazole rings is 1. The second kappa shape index (κ2) is 56.3. The van der Waals surface area contributed by atoms with Crippen molar-refractivity contribution in [1.82, 2.24) is 50.7 Å². The molecule has 2 saturated heterocycles. The summed E-state index contributed by atoms with van der Waals surface area (Å²) in [4.78, 5) is 92.7. The zero-order chi connectivity index (χ0) is 93.3. The number of nitrogens with one attached hydrogen (secondary N) is 4. The first-order chi connectivity index (χ1) is 58.8. The largest absolute Gasteiger partial charge is 0.507 e. The minimum atomic E-state index is -4.40. The van der Waals surface area contributed by atoms with Crippen molar-refractivity contribution in [2.45, 2.75) is 114 Å². The van der Waals surface area contributed by atoms with Crippen LogP contribution in [0.15, 0.2) is 185 Å². The maximum atomic E-state index is 12.3. The number of urea groups is 1. The van der Waals surface area contributed by atoms with Gasteiger partial charge in [-0.2, -0.15) is 18.4 Å². The van der Waals surface area contributed by atoms with E-state index in [9.17, 15) is 55.5 Å². The Kier molecular flexibility index (Phi) is 48.4. The normalized spacial score (nSPS) is 12.5. The van der Waals surface area contributed by atoms with E-state index in [4.69, 9.17) is 37.4 Å². The standard InChI is InChI=1S/C18H27NO2.C14H15N3O3S.C11H13NO.C10H9Cl2NO.C9H9F3N2O.C8H7NS.C8H8O.C6H11NO2.C5H11NO.C2H4N4/c1-12(20)10-19-11-13-8-14(17(2,3)4)16(21)15(9-13)18(5,6)7;1-20-13-7-4-11(5-8-13)3-6-12-9-10-15-14(16-12)17-21(2,18)19;1-9-3-5-11(6-4-9)8-12-7-10(2)13;1-7(14)5-13-6-8-2-3-9(11)4-10(8)12;1-13-8(15)14-7-4-2-3-6(5-7)9(10,11)12;1-6-9-7-4-2-3-5-8(7)10-6;1-7(9)8-5-3-2-4-6-8;1-6(8)7-2-4-9-5-3-7;1-6-2-4-7-5-3-6;1-2-3-5-6-4-2/h8-9,11,21H,10H2,1-7H3;3-10H,1-2H3,(H,15,16,17);3-6,8H,7H2,1-2H3;2-4,6H,5H2,1H3;2-5H,1H3,(H2,13,14,15);2-5H,1H3;2-6H,1H3;2-5H2,1H3;2-5H2,1H3;1H3,(H,3,4,5,6)/b;6-3+;;;;;;;;. The van der Waals surface area contributed by atoms with Crippen LogP contribution in [-0.2, 0) is 55.7 Å². The number of carbonyl (C=O) groups is 6. The molecule has 0 unspecified atom stereocenters. The molecule has 12 rings (SSSR count). The molecule has 34 heteroatoms. The summed E-state index contributed by atoms with van der Waals surface area (Å²) in [6, 6.07) is 47.5. The van der Waals surface area contributed by atoms with Gasteiger partial charge in [0.2, 0.25) is 21.9 Å². The van der Waals surface area contributed by atoms with E-state index >= 15 is 0 Å². The molecule has 2 aliphatic heterocycles. The number of amides is 3. The summed E-state index contributed by atoms with van der Waals surface area (Å²) < 4.78 is 77.8. The molecule has 2 fully saturated rings. The van der Waals surface area contributed by atoms with Gasteiger partial charge in [-0.3, -0.25) is 43.7 Å². The highest BCUT2D eigenvalue weighted by atomic mass is 35.5. The molecule has 0 bridgehead atoms. The Morgan fingerprint density at radius 2 is 1.19 bits per heavy atom.